The second-order valence-corrected chi connectivity index (χ2v) is 9.04. The molecule has 2 aromatic rings. The maximum atomic E-state index is 12.9. The Hall–Kier alpha value is -2.95. The van der Waals surface area contributed by atoms with Crippen LogP contribution in [-0.2, 0) is 19.6 Å². The molecule has 31 heavy (non-hydrogen) atoms. The Balaban J connectivity index is 1.65. The number of carboxylic acids is 1. The highest BCUT2D eigenvalue weighted by Gasteiger charge is 2.39. The number of aliphatic carboxylic acids is 1. The van der Waals surface area contributed by atoms with E-state index < -0.39 is 34.5 Å². The SMILES string of the molecule is O=C(O)COc1cccc(/C=N\NC(=O)[C@H]2CCCN2S(=O)(=O)c2ccc(Cl)cc2)c1. The molecule has 2 N–H and O–H groups in total. The lowest BCUT2D eigenvalue weighted by Gasteiger charge is -2.22. The van der Waals surface area contributed by atoms with Crippen LogP contribution in [0.25, 0.3) is 0 Å². The third-order valence-electron chi connectivity index (χ3n) is 4.54. The molecule has 0 bridgehead atoms. The predicted molar refractivity (Wildman–Crippen MR) is 114 cm³/mol. The summed E-state index contributed by atoms with van der Waals surface area (Å²) in [5, 5.41) is 13.0. The summed E-state index contributed by atoms with van der Waals surface area (Å²) in [6.45, 7) is -0.243. The fourth-order valence-electron chi connectivity index (χ4n) is 3.11. The van der Waals surface area contributed by atoms with Gasteiger partial charge in [-0.2, -0.15) is 9.41 Å². The monoisotopic (exact) mass is 465 g/mol. The lowest BCUT2D eigenvalue weighted by Crippen LogP contribution is -2.44. The summed E-state index contributed by atoms with van der Waals surface area (Å²) in [5.74, 6) is -1.29. The standard InChI is InChI=1S/C20H20ClN3O6S/c21-15-6-8-17(9-7-15)31(28,29)24-10-2-5-18(24)20(27)23-22-12-14-3-1-4-16(11-14)30-13-19(25)26/h1,3-4,6-9,11-12,18H,2,5,10,13H2,(H,23,27)(H,25,26)/b22-12-/t18-/m1/s1. The van der Waals surface area contributed by atoms with Crippen molar-refractivity contribution < 1.29 is 27.9 Å². The first-order valence-electron chi connectivity index (χ1n) is 9.32. The highest BCUT2D eigenvalue weighted by Crippen LogP contribution is 2.27. The summed E-state index contributed by atoms with van der Waals surface area (Å²) >= 11 is 5.83. The Morgan fingerprint density at radius 3 is 2.71 bits per heavy atom. The second kappa shape index (κ2) is 9.90. The van der Waals surface area contributed by atoms with Crippen molar-refractivity contribution >= 4 is 39.7 Å². The third kappa shape index (κ3) is 5.81. The second-order valence-electron chi connectivity index (χ2n) is 6.72. The van der Waals surface area contributed by atoms with Gasteiger partial charge in [0, 0.05) is 11.6 Å². The normalized spacial score (nSPS) is 17.0. The fraction of sp³-hybridized carbons (Fsp3) is 0.250. The van der Waals surface area contributed by atoms with Crippen LogP contribution in [0.15, 0.2) is 58.5 Å². The Bertz CT molecular complexity index is 1090. The zero-order chi connectivity index (χ0) is 22.4. The molecule has 2 aromatic carbocycles. The number of hydrogen-bond donors (Lipinski definition) is 2. The number of rotatable bonds is 8. The number of ether oxygens (including phenoxy) is 1. The van der Waals surface area contributed by atoms with Crippen molar-refractivity contribution in [1.29, 1.82) is 0 Å². The number of carbonyl (C=O) groups excluding carboxylic acids is 1. The molecule has 164 valence electrons. The van der Waals surface area contributed by atoms with Crippen molar-refractivity contribution in [3.63, 3.8) is 0 Å². The van der Waals surface area contributed by atoms with Gasteiger partial charge in [-0.15, -0.1) is 0 Å². The van der Waals surface area contributed by atoms with Crippen LogP contribution in [0.3, 0.4) is 0 Å². The third-order valence-corrected chi connectivity index (χ3v) is 6.71. The molecule has 1 amide bonds. The highest BCUT2D eigenvalue weighted by atomic mass is 35.5. The van der Waals surface area contributed by atoms with E-state index in [4.69, 9.17) is 21.4 Å². The number of carboxylic acid groups (broad SMARTS) is 1. The van der Waals surface area contributed by atoms with E-state index in [9.17, 15) is 18.0 Å². The zero-order valence-corrected chi connectivity index (χ0v) is 17.8. The molecular formula is C20H20ClN3O6S. The van der Waals surface area contributed by atoms with Crippen molar-refractivity contribution in [2.45, 2.75) is 23.8 Å². The summed E-state index contributed by atoms with van der Waals surface area (Å²) < 4.78 is 32.1. The van der Waals surface area contributed by atoms with E-state index in [2.05, 4.69) is 10.5 Å². The number of sulfonamides is 1. The van der Waals surface area contributed by atoms with Gasteiger partial charge < -0.3 is 9.84 Å². The number of carbonyl (C=O) groups is 2. The first-order chi connectivity index (χ1) is 14.8. The highest BCUT2D eigenvalue weighted by molar-refractivity contribution is 7.89. The predicted octanol–water partition coefficient (Wildman–Crippen LogP) is 2.11. The molecule has 11 heteroatoms. The molecule has 0 saturated carbocycles. The van der Waals surface area contributed by atoms with E-state index in [0.29, 0.717) is 29.2 Å². The molecular weight excluding hydrogens is 446 g/mol. The Morgan fingerprint density at radius 1 is 1.26 bits per heavy atom. The Kier molecular flexibility index (Phi) is 7.26. The van der Waals surface area contributed by atoms with Crippen LogP contribution in [0.5, 0.6) is 5.75 Å². The van der Waals surface area contributed by atoms with Crippen molar-refractivity contribution in [2.75, 3.05) is 13.2 Å². The summed E-state index contributed by atoms with van der Waals surface area (Å²) in [7, 11) is -3.85. The van der Waals surface area contributed by atoms with Crippen LogP contribution in [0.4, 0.5) is 0 Å². The van der Waals surface area contributed by atoms with Crippen molar-refractivity contribution in [1.82, 2.24) is 9.73 Å². The first kappa shape index (κ1) is 22.7. The van der Waals surface area contributed by atoms with Crippen LogP contribution in [0, 0.1) is 0 Å². The lowest BCUT2D eigenvalue weighted by molar-refractivity contribution is -0.139. The molecule has 0 spiro atoms. The molecule has 1 heterocycles. The molecule has 0 radical (unpaired) electrons. The van der Waals surface area contributed by atoms with Crippen molar-refractivity contribution in [3.8, 4) is 5.75 Å². The number of hydrazone groups is 1. The van der Waals surface area contributed by atoms with E-state index >= 15 is 0 Å². The van der Waals surface area contributed by atoms with Gasteiger partial charge in [-0.1, -0.05) is 23.7 Å². The molecule has 1 fully saturated rings. The average Bonchev–Trinajstić information content (AvgIpc) is 3.24. The van der Waals surface area contributed by atoms with E-state index in [0.717, 1.165) is 0 Å². The van der Waals surface area contributed by atoms with Gasteiger partial charge in [-0.3, -0.25) is 4.79 Å². The molecule has 1 atom stereocenters. The minimum Gasteiger partial charge on any atom is -0.482 e. The van der Waals surface area contributed by atoms with E-state index in [1.54, 1.807) is 24.3 Å². The molecule has 0 aliphatic carbocycles. The van der Waals surface area contributed by atoms with Crippen LogP contribution < -0.4 is 10.2 Å². The molecule has 0 aromatic heterocycles. The van der Waals surface area contributed by atoms with Crippen LogP contribution >= 0.6 is 11.6 Å². The Morgan fingerprint density at radius 2 is 2.00 bits per heavy atom. The lowest BCUT2D eigenvalue weighted by atomic mass is 10.2. The van der Waals surface area contributed by atoms with Crippen LogP contribution in [-0.4, -0.2) is 55.1 Å². The van der Waals surface area contributed by atoms with E-state index in [1.165, 1.54) is 34.8 Å². The fourth-order valence-corrected chi connectivity index (χ4v) is 4.89. The number of hydrogen-bond acceptors (Lipinski definition) is 6. The maximum Gasteiger partial charge on any atom is 0.341 e. The van der Waals surface area contributed by atoms with Gasteiger partial charge in [0.1, 0.15) is 11.8 Å². The zero-order valence-electron chi connectivity index (χ0n) is 16.3. The minimum absolute atomic E-state index is 0.0678. The smallest absolute Gasteiger partial charge is 0.341 e. The van der Waals surface area contributed by atoms with Gasteiger partial charge in [-0.05, 0) is 54.8 Å². The molecule has 9 nitrogen and oxygen atoms in total. The number of nitrogens with one attached hydrogen (secondary N) is 1. The summed E-state index contributed by atoms with van der Waals surface area (Å²) in [4.78, 5) is 23.2. The quantitative estimate of drug-likeness (QED) is 0.454. The van der Waals surface area contributed by atoms with E-state index in [-0.39, 0.29) is 11.4 Å². The van der Waals surface area contributed by atoms with Gasteiger partial charge in [0.25, 0.3) is 5.91 Å². The largest absolute Gasteiger partial charge is 0.482 e. The summed E-state index contributed by atoms with van der Waals surface area (Å²) in [5.41, 5.74) is 2.94. The van der Waals surface area contributed by atoms with Crippen LogP contribution in [0.1, 0.15) is 18.4 Å². The maximum absolute atomic E-state index is 12.9. The average molecular weight is 466 g/mol. The molecule has 1 saturated heterocycles. The topological polar surface area (TPSA) is 125 Å². The van der Waals surface area contributed by atoms with Gasteiger partial charge >= 0.3 is 5.97 Å². The molecule has 1 aliphatic rings. The number of amides is 1. The van der Waals surface area contributed by atoms with Gasteiger partial charge in [-0.25, -0.2) is 18.6 Å². The number of halogens is 1. The van der Waals surface area contributed by atoms with Crippen molar-refractivity contribution in [2.24, 2.45) is 5.10 Å². The van der Waals surface area contributed by atoms with Gasteiger partial charge in [0.15, 0.2) is 6.61 Å². The van der Waals surface area contributed by atoms with Crippen LogP contribution in [0.2, 0.25) is 5.02 Å². The van der Waals surface area contributed by atoms with Gasteiger partial charge in [0.2, 0.25) is 10.0 Å². The molecule has 0 unspecified atom stereocenters. The Labute approximate surface area is 184 Å². The number of nitrogens with zero attached hydrogens (tertiary/aromatic N) is 2. The summed E-state index contributed by atoms with van der Waals surface area (Å²) in [6.07, 6.45) is 2.29. The molecule has 1 aliphatic heterocycles. The minimum atomic E-state index is -3.85. The van der Waals surface area contributed by atoms with Crippen molar-refractivity contribution in [3.05, 3.63) is 59.1 Å². The first-order valence-corrected chi connectivity index (χ1v) is 11.1. The van der Waals surface area contributed by atoms with E-state index in [1.807, 2.05) is 0 Å². The van der Waals surface area contributed by atoms with Gasteiger partial charge in [0.05, 0.1) is 11.1 Å². The summed E-state index contributed by atoms with van der Waals surface area (Å²) in [6, 6.07) is 11.4. The number of benzene rings is 2. The molecule has 3 rings (SSSR count).